The third-order valence-electron chi connectivity index (χ3n) is 1.82. The van der Waals surface area contributed by atoms with Gasteiger partial charge in [-0.05, 0) is 34.1 Å². The van der Waals surface area contributed by atoms with Crippen LogP contribution in [0.4, 0.5) is 8.78 Å². The zero-order valence-electron chi connectivity index (χ0n) is 7.95. The van der Waals surface area contributed by atoms with Gasteiger partial charge in [0.15, 0.2) is 0 Å². The molecule has 1 heterocycles. The molecule has 0 fully saturated rings. The molecule has 0 saturated carbocycles. The van der Waals surface area contributed by atoms with Gasteiger partial charge in [0.2, 0.25) is 5.95 Å². The summed E-state index contributed by atoms with van der Waals surface area (Å²) in [5.41, 5.74) is 0. The standard InChI is InChI=1S/C11H6BrF2NO/c12-9-2-1-7(13)5-10(9)16-8-3-4-15-11(14)6-8/h1-6H. The highest BCUT2D eigenvalue weighted by Crippen LogP contribution is 2.30. The first-order valence-corrected chi connectivity index (χ1v) is 5.19. The van der Waals surface area contributed by atoms with Crippen LogP contribution in [0.1, 0.15) is 0 Å². The lowest BCUT2D eigenvalue weighted by Gasteiger charge is -2.07. The zero-order chi connectivity index (χ0) is 11.5. The predicted octanol–water partition coefficient (Wildman–Crippen LogP) is 3.91. The Labute approximate surface area is 99.0 Å². The first-order chi connectivity index (χ1) is 7.65. The number of rotatable bonds is 2. The van der Waals surface area contributed by atoms with Gasteiger partial charge in [-0.25, -0.2) is 9.37 Å². The van der Waals surface area contributed by atoms with Gasteiger partial charge in [-0.2, -0.15) is 4.39 Å². The summed E-state index contributed by atoms with van der Waals surface area (Å²) in [6, 6.07) is 6.63. The fraction of sp³-hybridized carbons (Fsp3) is 0. The van der Waals surface area contributed by atoms with E-state index in [0.717, 1.165) is 6.07 Å². The fourth-order valence-electron chi connectivity index (χ4n) is 1.13. The van der Waals surface area contributed by atoms with Crippen LogP contribution in [-0.4, -0.2) is 4.98 Å². The van der Waals surface area contributed by atoms with E-state index in [2.05, 4.69) is 20.9 Å². The molecule has 0 aliphatic carbocycles. The number of benzene rings is 1. The molecule has 82 valence electrons. The molecule has 0 bridgehead atoms. The molecule has 5 heteroatoms. The molecule has 0 aliphatic heterocycles. The van der Waals surface area contributed by atoms with Gasteiger partial charge in [0.05, 0.1) is 4.47 Å². The highest BCUT2D eigenvalue weighted by Gasteiger charge is 2.05. The number of halogens is 3. The number of aromatic nitrogens is 1. The second kappa shape index (κ2) is 4.57. The Morgan fingerprint density at radius 3 is 2.69 bits per heavy atom. The van der Waals surface area contributed by atoms with Crippen LogP contribution in [0.2, 0.25) is 0 Å². The van der Waals surface area contributed by atoms with E-state index in [9.17, 15) is 8.78 Å². The molecule has 0 spiro atoms. The van der Waals surface area contributed by atoms with Crippen molar-refractivity contribution in [1.82, 2.24) is 4.98 Å². The summed E-state index contributed by atoms with van der Waals surface area (Å²) in [7, 11) is 0. The van der Waals surface area contributed by atoms with Crippen molar-refractivity contribution in [2.24, 2.45) is 0 Å². The molecule has 0 amide bonds. The van der Waals surface area contributed by atoms with E-state index >= 15 is 0 Å². The largest absolute Gasteiger partial charge is 0.456 e. The quantitative estimate of drug-likeness (QED) is 0.781. The summed E-state index contributed by atoms with van der Waals surface area (Å²) in [5.74, 6) is -0.526. The van der Waals surface area contributed by atoms with Crippen LogP contribution < -0.4 is 4.74 Å². The van der Waals surface area contributed by atoms with Crippen LogP contribution in [0.5, 0.6) is 11.5 Å². The Morgan fingerprint density at radius 2 is 1.94 bits per heavy atom. The molecule has 0 aliphatic rings. The number of hydrogen-bond acceptors (Lipinski definition) is 2. The first kappa shape index (κ1) is 11.0. The molecular formula is C11H6BrF2NO. The van der Waals surface area contributed by atoms with Crippen molar-refractivity contribution in [3.63, 3.8) is 0 Å². The molecule has 1 aromatic carbocycles. The zero-order valence-corrected chi connectivity index (χ0v) is 9.54. The minimum absolute atomic E-state index is 0.263. The molecule has 2 aromatic rings. The lowest BCUT2D eigenvalue weighted by atomic mass is 10.3. The predicted molar refractivity (Wildman–Crippen MR) is 58.4 cm³/mol. The van der Waals surface area contributed by atoms with E-state index in [0.29, 0.717) is 4.47 Å². The average Bonchev–Trinajstić information content (AvgIpc) is 2.24. The Bertz CT molecular complexity index is 519. The van der Waals surface area contributed by atoms with E-state index < -0.39 is 11.8 Å². The van der Waals surface area contributed by atoms with Crippen LogP contribution in [0.15, 0.2) is 41.0 Å². The number of ether oxygens (including phenoxy) is 1. The smallest absolute Gasteiger partial charge is 0.216 e. The number of pyridine rings is 1. The van der Waals surface area contributed by atoms with Crippen molar-refractivity contribution in [3.05, 3.63) is 52.8 Å². The van der Waals surface area contributed by atoms with E-state index in [-0.39, 0.29) is 11.5 Å². The van der Waals surface area contributed by atoms with Crippen molar-refractivity contribution >= 4 is 15.9 Å². The third kappa shape index (κ3) is 2.55. The lowest BCUT2D eigenvalue weighted by molar-refractivity contribution is 0.464. The van der Waals surface area contributed by atoms with E-state index in [1.54, 1.807) is 0 Å². The number of nitrogens with zero attached hydrogens (tertiary/aromatic N) is 1. The van der Waals surface area contributed by atoms with Gasteiger partial charge < -0.3 is 4.74 Å². The molecule has 0 unspecified atom stereocenters. The normalized spacial score (nSPS) is 10.2. The highest BCUT2D eigenvalue weighted by molar-refractivity contribution is 9.10. The van der Waals surface area contributed by atoms with Crippen molar-refractivity contribution < 1.29 is 13.5 Å². The maximum absolute atomic E-state index is 12.9. The molecule has 16 heavy (non-hydrogen) atoms. The van der Waals surface area contributed by atoms with Gasteiger partial charge in [0.25, 0.3) is 0 Å². The Hall–Kier alpha value is -1.49. The van der Waals surface area contributed by atoms with E-state index in [4.69, 9.17) is 4.74 Å². The highest BCUT2D eigenvalue weighted by atomic mass is 79.9. The maximum atomic E-state index is 12.9. The molecule has 0 atom stereocenters. The second-order valence-electron chi connectivity index (χ2n) is 2.99. The second-order valence-corrected chi connectivity index (χ2v) is 3.85. The fourth-order valence-corrected chi connectivity index (χ4v) is 1.46. The van der Waals surface area contributed by atoms with Gasteiger partial charge in [-0.3, -0.25) is 0 Å². The van der Waals surface area contributed by atoms with Gasteiger partial charge in [-0.15, -0.1) is 0 Å². The van der Waals surface area contributed by atoms with E-state index in [1.807, 2.05) is 0 Å². The minimum atomic E-state index is -0.648. The molecular weight excluding hydrogens is 280 g/mol. The molecule has 1 aromatic heterocycles. The first-order valence-electron chi connectivity index (χ1n) is 4.39. The molecule has 0 N–H and O–H groups in total. The summed E-state index contributed by atoms with van der Waals surface area (Å²) < 4.78 is 31.6. The molecule has 0 radical (unpaired) electrons. The maximum Gasteiger partial charge on any atom is 0.216 e. The van der Waals surface area contributed by atoms with Crippen LogP contribution >= 0.6 is 15.9 Å². The van der Waals surface area contributed by atoms with Crippen molar-refractivity contribution in [3.8, 4) is 11.5 Å². The van der Waals surface area contributed by atoms with Crippen LogP contribution in [0.25, 0.3) is 0 Å². The van der Waals surface area contributed by atoms with E-state index in [1.165, 1.54) is 30.5 Å². The molecule has 2 rings (SSSR count). The van der Waals surface area contributed by atoms with Gasteiger partial charge in [0, 0.05) is 18.3 Å². The SMILES string of the molecule is Fc1ccc(Br)c(Oc2ccnc(F)c2)c1. The van der Waals surface area contributed by atoms with Gasteiger partial charge >= 0.3 is 0 Å². The topological polar surface area (TPSA) is 22.1 Å². The average molecular weight is 286 g/mol. The van der Waals surface area contributed by atoms with Gasteiger partial charge in [-0.1, -0.05) is 0 Å². The summed E-state index contributed by atoms with van der Waals surface area (Å²) >= 11 is 3.21. The lowest BCUT2D eigenvalue weighted by Crippen LogP contribution is -1.89. The van der Waals surface area contributed by atoms with Gasteiger partial charge in [0.1, 0.15) is 17.3 Å². The summed E-state index contributed by atoms with van der Waals surface area (Å²) in [6.45, 7) is 0. The minimum Gasteiger partial charge on any atom is -0.456 e. The monoisotopic (exact) mass is 285 g/mol. The Balaban J connectivity index is 2.30. The Kier molecular flexibility index (Phi) is 3.14. The molecule has 2 nitrogen and oxygen atoms in total. The summed E-state index contributed by atoms with van der Waals surface area (Å²) in [4.78, 5) is 3.39. The number of hydrogen-bond donors (Lipinski definition) is 0. The summed E-state index contributed by atoms with van der Waals surface area (Å²) in [5, 5.41) is 0. The van der Waals surface area contributed by atoms with Crippen molar-refractivity contribution in [1.29, 1.82) is 0 Å². The molecule has 0 saturated heterocycles. The van der Waals surface area contributed by atoms with Crippen molar-refractivity contribution in [2.45, 2.75) is 0 Å². The summed E-state index contributed by atoms with van der Waals surface area (Å²) in [6.07, 6.45) is 1.28. The Morgan fingerprint density at radius 1 is 1.12 bits per heavy atom. The van der Waals surface area contributed by atoms with Crippen LogP contribution in [-0.2, 0) is 0 Å². The van der Waals surface area contributed by atoms with Crippen molar-refractivity contribution in [2.75, 3.05) is 0 Å². The third-order valence-corrected chi connectivity index (χ3v) is 2.47. The van der Waals surface area contributed by atoms with Crippen LogP contribution in [0, 0.1) is 11.8 Å². The van der Waals surface area contributed by atoms with Crippen LogP contribution in [0.3, 0.4) is 0 Å².